The Hall–Kier alpha value is -4.45. The van der Waals surface area contributed by atoms with Gasteiger partial charge < -0.3 is 9.80 Å². The van der Waals surface area contributed by atoms with Crippen molar-refractivity contribution in [2.45, 2.75) is 68.6 Å². The van der Waals surface area contributed by atoms with E-state index < -0.39 is 76.9 Å². The van der Waals surface area contributed by atoms with Gasteiger partial charge in [-0.2, -0.15) is 39.5 Å². The molecule has 2 heterocycles. The average molecular weight is 724 g/mol. The van der Waals surface area contributed by atoms with Crippen LogP contribution in [0.25, 0.3) is 0 Å². The van der Waals surface area contributed by atoms with Gasteiger partial charge in [0, 0.05) is 50.7 Å². The van der Waals surface area contributed by atoms with E-state index in [1.165, 1.54) is 36.2 Å². The summed E-state index contributed by atoms with van der Waals surface area (Å²) in [4.78, 5) is 30.7. The van der Waals surface area contributed by atoms with E-state index in [-0.39, 0.29) is 57.2 Å². The van der Waals surface area contributed by atoms with E-state index in [9.17, 15) is 53.5 Å². The third kappa shape index (κ3) is 7.80. The van der Waals surface area contributed by atoms with Crippen LogP contribution in [-0.2, 0) is 23.3 Å². The van der Waals surface area contributed by atoms with E-state index in [1.807, 2.05) is 0 Å². The molecular weight excluding hydrogens is 692 g/mol. The standard InChI is InChI=1S/C31H31F10N7O2/c1-45(23-14-19(29(33,34)35)13-20(15-23)30(36,37)38)28(50)46(2)25-11-12-47(16-24(25)17-3-7-21(32)8-4-17)26(49)18-5-9-22(10-6-18)48-27(31(39,40)41)42-43-44-48/h3-4,7-8,13-15,18,22,24-25H,5-6,9-12,16H2,1-2H3/t18?,22?,24-,25+/m0/s1. The molecule has 9 nitrogen and oxygen atoms in total. The fourth-order valence-electron chi connectivity index (χ4n) is 6.71. The lowest BCUT2D eigenvalue weighted by Crippen LogP contribution is -2.55. The Bertz CT molecular complexity index is 1650. The third-order valence-electron chi connectivity index (χ3n) is 9.37. The molecule has 2 aromatic carbocycles. The molecule has 5 rings (SSSR count). The first-order chi connectivity index (χ1) is 23.3. The van der Waals surface area contributed by atoms with Crippen molar-refractivity contribution < 1.29 is 53.5 Å². The number of benzene rings is 2. The minimum Gasteiger partial charge on any atom is -0.342 e. The number of likely N-dealkylation sites (N-methyl/N-ethyl adjacent to an activating group) is 1. The van der Waals surface area contributed by atoms with Crippen molar-refractivity contribution in [2.75, 3.05) is 32.1 Å². The molecule has 2 fully saturated rings. The molecule has 3 amide bonds. The van der Waals surface area contributed by atoms with Crippen LogP contribution in [0, 0.1) is 11.7 Å². The number of carbonyl (C=O) groups is 2. The van der Waals surface area contributed by atoms with Gasteiger partial charge in [0.2, 0.25) is 5.91 Å². The quantitative estimate of drug-likeness (QED) is 0.261. The number of tetrazole rings is 1. The normalized spacial score (nSPS) is 22.0. The summed E-state index contributed by atoms with van der Waals surface area (Å²) >= 11 is 0. The molecule has 19 heteroatoms. The van der Waals surface area contributed by atoms with Gasteiger partial charge in [0.05, 0.1) is 17.2 Å². The van der Waals surface area contributed by atoms with Crippen molar-refractivity contribution in [1.82, 2.24) is 30.0 Å². The number of alkyl halides is 9. The maximum absolute atomic E-state index is 13.9. The van der Waals surface area contributed by atoms with Gasteiger partial charge in [-0.15, -0.1) is 5.10 Å². The number of carbonyl (C=O) groups excluding carboxylic acids is 2. The fourth-order valence-corrected chi connectivity index (χ4v) is 6.71. The number of piperidine rings is 1. The first-order valence-corrected chi connectivity index (χ1v) is 15.4. The number of urea groups is 1. The van der Waals surface area contributed by atoms with Crippen molar-refractivity contribution in [3.8, 4) is 0 Å². The zero-order valence-corrected chi connectivity index (χ0v) is 26.5. The van der Waals surface area contributed by atoms with Crippen LogP contribution in [0.5, 0.6) is 0 Å². The zero-order valence-electron chi connectivity index (χ0n) is 26.5. The summed E-state index contributed by atoms with van der Waals surface area (Å²) in [6.45, 7) is 0.152. The predicted molar refractivity (Wildman–Crippen MR) is 156 cm³/mol. The summed E-state index contributed by atoms with van der Waals surface area (Å²) in [6.07, 6.45) is -13.9. The van der Waals surface area contributed by atoms with E-state index >= 15 is 0 Å². The van der Waals surface area contributed by atoms with Crippen LogP contribution < -0.4 is 4.90 Å². The molecule has 1 aromatic heterocycles. The van der Waals surface area contributed by atoms with Crippen molar-refractivity contribution >= 4 is 17.6 Å². The second-order valence-electron chi connectivity index (χ2n) is 12.5. The van der Waals surface area contributed by atoms with Gasteiger partial charge in [-0.3, -0.25) is 9.69 Å². The fraction of sp³-hybridized carbons (Fsp3) is 0.516. The van der Waals surface area contributed by atoms with Gasteiger partial charge in [0.1, 0.15) is 5.82 Å². The lowest BCUT2D eigenvalue weighted by atomic mass is 9.82. The van der Waals surface area contributed by atoms with Crippen molar-refractivity contribution in [1.29, 1.82) is 0 Å². The smallest absolute Gasteiger partial charge is 0.342 e. The van der Waals surface area contributed by atoms with Crippen LogP contribution in [0.15, 0.2) is 42.5 Å². The molecular formula is C31H31F10N7O2. The Balaban J connectivity index is 1.34. The molecule has 0 spiro atoms. The number of rotatable bonds is 5. The number of aromatic nitrogens is 4. The van der Waals surface area contributed by atoms with E-state index in [0.717, 1.165) is 11.7 Å². The van der Waals surface area contributed by atoms with Crippen LogP contribution in [0.2, 0.25) is 0 Å². The van der Waals surface area contributed by atoms with Crippen molar-refractivity contribution in [3.05, 3.63) is 70.8 Å². The summed E-state index contributed by atoms with van der Waals surface area (Å²) in [5.74, 6) is -3.23. The minimum atomic E-state index is -5.13. The highest BCUT2D eigenvalue weighted by Gasteiger charge is 2.43. The first-order valence-electron chi connectivity index (χ1n) is 15.4. The average Bonchev–Trinajstić information content (AvgIpc) is 3.57. The Labute approximate surface area is 278 Å². The summed E-state index contributed by atoms with van der Waals surface area (Å²) in [7, 11) is 2.38. The number of nitrogens with zero attached hydrogens (tertiary/aromatic N) is 7. The predicted octanol–water partition coefficient (Wildman–Crippen LogP) is 7.17. The Morgan fingerprint density at radius 2 is 1.38 bits per heavy atom. The van der Waals surface area contributed by atoms with Gasteiger partial charge in [0.15, 0.2) is 0 Å². The van der Waals surface area contributed by atoms with Crippen LogP contribution in [-0.4, -0.2) is 75.2 Å². The van der Waals surface area contributed by atoms with Crippen LogP contribution in [0.1, 0.15) is 66.6 Å². The van der Waals surface area contributed by atoms with E-state index in [0.29, 0.717) is 22.6 Å². The second-order valence-corrected chi connectivity index (χ2v) is 12.5. The summed E-state index contributed by atoms with van der Waals surface area (Å²) in [5.41, 5.74) is -3.30. The maximum atomic E-state index is 13.9. The SMILES string of the molecule is CN(C(=O)N(C)[C@@H]1CCN(C(=O)C2CCC(n3nnnc3C(F)(F)F)CC2)C[C@H]1c1ccc(F)cc1)c1cc(C(F)(F)F)cc(C(F)(F)F)c1. The zero-order chi connectivity index (χ0) is 36.8. The molecule has 1 saturated heterocycles. The van der Waals surface area contributed by atoms with E-state index in [1.54, 1.807) is 4.90 Å². The third-order valence-corrected chi connectivity index (χ3v) is 9.37. The number of anilines is 1. The first kappa shape index (κ1) is 36.8. The number of amides is 3. The van der Waals surface area contributed by atoms with Gasteiger partial charge in [-0.1, -0.05) is 12.1 Å². The molecule has 2 aliphatic rings. The topological polar surface area (TPSA) is 87.5 Å². The van der Waals surface area contributed by atoms with Gasteiger partial charge in [-0.25, -0.2) is 13.9 Å². The van der Waals surface area contributed by atoms with Crippen LogP contribution in [0.4, 0.5) is 54.4 Å². The maximum Gasteiger partial charge on any atom is 0.453 e. The molecule has 1 aliphatic carbocycles. The number of hydrogen-bond acceptors (Lipinski definition) is 5. The minimum absolute atomic E-state index is 0.0311. The summed E-state index contributed by atoms with van der Waals surface area (Å²) < 4.78 is 136. The lowest BCUT2D eigenvalue weighted by molar-refractivity contribution is -0.149. The molecule has 2 atom stereocenters. The highest BCUT2D eigenvalue weighted by molar-refractivity contribution is 5.92. The molecule has 272 valence electrons. The molecule has 0 radical (unpaired) electrons. The highest BCUT2D eigenvalue weighted by Crippen LogP contribution is 2.40. The lowest BCUT2D eigenvalue weighted by Gasteiger charge is -2.45. The molecule has 0 N–H and O–H groups in total. The number of likely N-dealkylation sites (tertiary alicyclic amines) is 1. The molecule has 1 saturated carbocycles. The highest BCUT2D eigenvalue weighted by atomic mass is 19.4. The Morgan fingerprint density at radius 3 is 1.92 bits per heavy atom. The Kier molecular flexibility index (Phi) is 10.1. The van der Waals surface area contributed by atoms with Gasteiger partial charge >= 0.3 is 24.6 Å². The molecule has 50 heavy (non-hydrogen) atoms. The van der Waals surface area contributed by atoms with E-state index in [4.69, 9.17) is 0 Å². The van der Waals surface area contributed by atoms with E-state index in [2.05, 4.69) is 15.5 Å². The summed E-state index contributed by atoms with van der Waals surface area (Å²) in [5, 5.41) is 9.72. The number of halogens is 10. The van der Waals surface area contributed by atoms with Crippen LogP contribution in [0.3, 0.4) is 0 Å². The van der Waals surface area contributed by atoms with Crippen molar-refractivity contribution in [3.63, 3.8) is 0 Å². The van der Waals surface area contributed by atoms with Gasteiger partial charge in [-0.05, 0) is 78.4 Å². The van der Waals surface area contributed by atoms with Crippen LogP contribution >= 0.6 is 0 Å². The molecule has 0 bridgehead atoms. The molecule has 3 aromatic rings. The van der Waals surface area contributed by atoms with Crippen molar-refractivity contribution in [2.24, 2.45) is 5.92 Å². The second kappa shape index (κ2) is 13.7. The number of hydrogen-bond donors (Lipinski definition) is 0. The Morgan fingerprint density at radius 1 is 0.800 bits per heavy atom. The summed E-state index contributed by atoms with van der Waals surface area (Å²) in [6, 6.07) is 3.81. The monoisotopic (exact) mass is 723 g/mol. The largest absolute Gasteiger partial charge is 0.453 e. The molecule has 0 unspecified atom stereocenters. The molecule has 1 aliphatic heterocycles. The van der Waals surface area contributed by atoms with Gasteiger partial charge in [0.25, 0.3) is 5.82 Å².